The first kappa shape index (κ1) is 13.1. The molecule has 0 N–H and O–H groups in total. The molecule has 0 radical (unpaired) electrons. The Morgan fingerprint density at radius 1 is 1.28 bits per heavy atom. The SMILES string of the molecule is CC1(C#N)CCC(C)(COCc2ccccc2)O1. The Morgan fingerprint density at radius 3 is 2.61 bits per heavy atom. The van der Waals surface area contributed by atoms with Crippen LogP contribution in [-0.2, 0) is 16.1 Å². The molecule has 0 saturated carbocycles. The van der Waals surface area contributed by atoms with Crippen LogP contribution in [0, 0.1) is 11.3 Å². The Morgan fingerprint density at radius 2 is 2.00 bits per heavy atom. The Bertz CT molecular complexity index is 440. The lowest BCUT2D eigenvalue weighted by atomic mass is 10.00. The van der Waals surface area contributed by atoms with E-state index in [2.05, 4.69) is 6.07 Å². The van der Waals surface area contributed by atoms with Crippen molar-refractivity contribution in [3.8, 4) is 6.07 Å². The third-order valence-electron chi connectivity index (χ3n) is 3.36. The van der Waals surface area contributed by atoms with Gasteiger partial charge in [-0.25, -0.2) is 0 Å². The number of nitrogens with zero attached hydrogens (tertiary/aromatic N) is 1. The molecule has 96 valence electrons. The lowest BCUT2D eigenvalue weighted by Crippen LogP contribution is -2.34. The van der Waals surface area contributed by atoms with Crippen molar-refractivity contribution in [3.05, 3.63) is 35.9 Å². The Hall–Kier alpha value is -1.37. The highest BCUT2D eigenvalue weighted by molar-refractivity contribution is 5.13. The summed E-state index contributed by atoms with van der Waals surface area (Å²) >= 11 is 0. The van der Waals surface area contributed by atoms with E-state index in [-0.39, 0.29) is 5.60 Å². The van der Waals surface area contributed by atoms with Crippen molar-refractivity contribution in [2.24, 2.45) is 0 Å². The molecule has 0 aromatic heterocycles. The molecule has 1 aliphatic rings. The Labute approximate surface area is 108 Å². The summed E-state index contributed by atoms with van der Waals surface area (Å²) in [7, 11) is 0. The summed E-state index contributed by atoms with van der Waals surface area (Å²) in [6.45, 7) is 4.97. The Balaban J connectivity index is 1.83. The maximum absolute atomic E-state index is 9.05. The molecule has 2 unspecified atom stereocenters. The molecular weight excluding hydrogens is 226 g/mol. The van der Waals surface area contributed by atoms with Crippen molar-refractivity contribution >= 4 is 0 Å². The number of hydrogen-bond acceptors (Lipinski definition) is 3. The summed E-state index contributed by atoms with van der Waals surface area (Å²) in [6, 6.07) is 12.3. The van der Waals surface area contributed by atoms with Gasteiger partial charge in [0.15, 0.2) is 5.60 Å². The second-order valence-electron chi connectivity index (χ2n) is 5.37. The first-order valence-electron chi connectivity index (χ1n) is 6.28. The molecule has 1 aromatic rings. The van der Waals surface area contributed by atoms with Gasteiger partial charge in [0, 0.05) is 0 Å². The van der Waals surface area contributed by atoms with Crippen molar-refractivity contribution in [3.63, 3.8) is 0 Å². The summed E-state index contributed by atoms with van der Waals surface area (Å²) < 4.78 is 11.5. The number of ether oxygens (including phenoxy) is 2. The van der Waals surface area contributed by atoms with Crippen molar-refractivity contribution in [2.75, 3.05) is 6.61 Å². The molecular formula is C15H19NO2. The predicted molar refractivity (Wildman–Crippen MR) is 68.8 cm³/mol. The van der Waals surface area contributed by atoms with Crippen LogP contribution in [0.3, 0.4) is 0 Å². The fraction of sp³-hybridized carbons (Fsp3) is 0.533. The molecule has 0 spiro atoms. The first-order chi connectivity index (χ1) is 8.55. The van der Waals surface area contributed by atoms with E-state index in [0.717, 1.165) is 18.4 Å². The van der Waals surface area contributed by atoms with E-state index in [4.69, 9.17) is 14.7 Å². The maximum atomic E-state index is 9.05. The summed E-state index contributed by atoms with van der Waals surface area (Å²) in [5, 5.41) is 9.05. The second kappa shape index (κ2) is 5.09. The van der Waals surface area contributed by atoms with Gasteiger partial charge in [0.05, 0.1) is 24.9 Å². The largest absolute Gasteiger partial charge is 0.374 e. The summed E-state index contributed by atoms with van der Waals surface area (Å²) in [5.74, 6) is 0. The highest BCUT2D eigenvalue weighted by Gasteiger charge is 2.44. The summed E-state index contributed by atoms with van der Waals surface area (Å²) in [6.07, 6.45) is 1.64. The molecule has 18 heavy (non-hydrogen) atoms. The van der Waals surface area contributed by atoms with E-state index in [0.29, 0.717) is 13.2 Å². The molecule has 0 bridgehead atoms. The first-order valence-corrected chi connectivity index (χ1v) is 6.28. The maximum Gasteiger partial charge on any atom is 0.152 e. The van der Waals surface area contributed by atoms with E-state index >= 15 is 0 Å². The standard InChI is InChI=1S/C15H19NO2/c1-14(11-16)8-9-15(2,18-14)12-17-10-13-6-4-3-5-7-13/h3-7H,8-10,12H2,1-2H3. The van der Waals surface area contributed by atoms with Crippen molar-refractivity contribution < 1.29 is 9.47 Å². The van der Waals surface area contributed by atoms with Crippen LogP contribution >= 0.6 is 0 Å². The van der Waals surface area contributed by atoms with Gasteiger partial charge in [0.25, 0.3) is 0 Å². The quantitative estimate of drug-likeness (QED) is 0.818. The van der Waals surface area contributed by atoms with E-state index in [1.807, 2.05) is 44.2 Å². The number of rotatable bonds is 4. The molecule has 0 amide bonds. The topological polar surface area (TPSA) is 42.2 Å². The van der Waals surface area contributed by atoms with Gasteiger partial charge in [0.2, 0.25) is 0 Å². The third-order valence-corrected chi connectivity index (χ3v) is 3.36. The van der Waals surface area contributed by atoms with E-state index in [9.17, 15) is 0 Å². The van der Waals surface area contributed by atoms with Crippen molar-refractivity contribution in [1.82, 2.24) is 0 Å². The zero-order chi connectivity index (χ0) is 13.1. The fourth-order valence-electron chi connectivity index (χ4n) is 2.29. The smallest absolute Gasteiger partial charge is 0.152 e. The predicted octanol–water partition coefficient (Wildman–Crippen LogP) is 3.05. The van der Waals surface area contributed by atoms with Gasteiger partial charge in [-0.05, 0) is 32.3 Å². The van der Waals surface area contributed by atoms with Crippen LogP contribution in [0.2, 0.25) is 0 Å². The summed E-state index contributed by atoms with van der Waals surface area (Å²) in [4.78, 5) is 0. The fourth-order valence-corrected chi connectivity index (χ4v) is 2.29. The van der Waals surface area contributed by atoms with Crippen molar-refractivity contribution in [1.29, 1.82) is 5.26 Å². The summed E-state index contributed by atoms with van der Waals surface area (Å²) in [5.41, 5.74) is 0.173. The zero-order valence-electron chi connectivity index (χ0n) is 11.0. The van der Waals surface area contributed by atoms with Crippen LogP contribution in [0.15, 0.2) is 30.3 Å². The highest BCUT2D eigenvalue weighted by Crippen LogP contribution is 2.37. The molecule has 1 saturated heterocycles. The van der Waals surface area contributed by atoms with Gasteiger partial charge in [-0.15, -0.1) is 0 Å². The van der Waals surface area contributed by atoms with Gasteiger partial charge in [-0.1, -0.05) is 30.3 Å². The average Bonchev–Trinajstić information content (AvgIpc) is 2.68. The molecule has 1 aromatic carbocycles. The monoisotopic (exact) mass is 245 g/mol. The molecule has 1 aliphatic heterocycles. The van der Waals surface area contributed by atoms with Crippen LogP contribution in [0.4, 0.5) is 0 Å². The van der Waals surface area contributed by atoms with Crippen LogP contribution in [0.5, 0.6) is 0 Å². The van der Waals surface area contributed by atoms with E-state index in [1.54, 1.807) is 0 Å². The number of hydrogen-bond donors (Lipinski definition) is 0. The molecule has 1 fully saturated rings. The molecule has 2 atom stereocenters. The van der Waals surface area contributed by atoms with Crippen molar-refractivity contribution in [2.45, 2.75) is 44.5 Å². The molecule has 0 aliphatic carbocycles. The molecule has 1 heterocycles. The lowest BCUT2D eigenvalue weighted by molar-refractivity contribution is -0.102. The van der Waals surface area contributed by atoms with Crippen LogP contribution in [0.25, 0.3) is 0 Å². The minimum absolute atomic E-state index is 0.334. The number of nitriles is 1. The normalized spacial score (nSPS) is 31.2. The van der Waals surface area contributed by atoms with Gasteiger partial charge >= 0.3 is 0 Å². The van der Waals surface area contributed by atoms with Crippen LogP contribution in [0.1, 0.15) is 32.3 Å². The lowest BCUT2D eigenvalue weighted by Gasteiger charge is -2.26. The van der Waals surface area contributed by atoms with Gasteiger partial charge in [-0.3, -0.25) is 0 Å². The zero-order valence-corrected chi connectivity index (χ0v) is 11.0. The third kappa shape index (κ3) is 3.10. The highest BCUT2D eigenvalue weighted by atomic mass is 16.6. The minimum Gasteiger partial charge on any atom is -0.374 e. The van der Waals surface area contributed by atoms with Gasteiger partial charge < -0.3 is 9.47 Å². The Kier molecular flexibility index (Phi) is 3.70. The average molecular weight is 245 g/mol. The van der Waals surface area contributed by atoms with E-state index < -0.39 is 5.60 Å². The van der Waals surface area contributed by atoms with Crippen LogP contribution < -0.4 is 0 Å². The molecule has 3 heteroatoms. The number of benzene rings is 1. The van der Waals surface area contributed by atoms with Crippen LogP contribution in [-0.4, -0.2) is 17.8 Å². The second-order valence-corrected chi connectivity index (χ2v) is 5.37. The minimum atomic E-state index is -0.648. The van der Waals surface area contributed by atoms with E-state index in [1.165, 1.54) is 0 Å². The molecule has 3 nitrogen and oxygen atoms in total. The van der Waals surface area contributed by atoms with Gasteiger partial charge in [-0.2, -0.15) is 5.26 Å². The van der Waals surface area contributed by atoms with Gasteiger partial charge in [0.1, 0.15) is 0 Å². The molecule has 2 rings (SSSR count).